The molecule has 3 aromatic rings. The largest absolute Gasteiger partial charge is 0.497 e. The third-order valence-corrected chi connectivity index (χ3v) is 4.30. The van der Waals surface area contributed by atoms with Gasteiger partial charge in [0.05, 0.1) is 18.9 Å². The van der Waals surface area contributed by atoms with E-state index in [0.29, 0.717) is 33.3 Å². The lowest BCUT2D eigenvalue weighted by Crippen LogP contribution is -2.32. The minimum absolute atomic E-state index is 0.328. The lowest BCUT2D eigenvalue weighted by atomic mass is 10.2. The van der Waals surface area contributed by atoms with E-state index < -0.39 is 17.8 Å². The van der Waals surface area contributed by atoms with E-state index in [2.05, 4.69) is 15.8 Å². The maximum absolute atomic E-state index is 12.1. The van der Waals surface area contributed by atoms with Gasteiger partial charge in [-0.25, -0.2) is 10.2 Å². The highest BCUT2D eigenvalue weighted by molar-refractivity contribution is 6.39. The predicted molar refractivity (Wildman–Crippen MR) is 120 cm³/mol. The first-order valence-electron chi connectivity index (χ1n) is 9.31. The van der Waals surface area contributed by atoms with Crippen molar-refractivity contribution in [1.29, 1.82) is 0 Å². The van der Waals surface area contributed by atoms with Crippen molar-refractivity contribution >= 4 is 41.3 Å². The SMILES string of the molecule is COc1cccc(NC(=O)C(=O)NN=Cc2ccc(OC(=O)c3cccc(Cl)c3)cc2)c1. The number of anilines is 1. The first-order valence-corrected chi connectivity index (χ1v) is 9.68. The molecule has 3 rings (SSSR count). The maximum atomic E-state index is 12.1. The first-order chi connectivity index (χ1) is 15.4. The highest BCUT2D eigenvalue weighted by Crippen LogP contribution is 2.17. The second-order valence-corrected chi connectivity index (χ2v) is 6.79. The Morgan fingerprint density at radius 3 is 2.38 bits per heavy atom. The van der Waals surface area contributed by atoms with Crippen molar-refractivity contribution in [2.45, 2.75) is 0 Å². The zero-order valence-electron chi connectivity index (χ0n) is 16.9. The molecule has 32 heavy (non-hydrogen) atoms. The molecular weight excluding hydrogens is 434 g/mol. The number of amides is 2. The number of methoxy groups -OCH3 is 1. The summed E-state index contributed by atoms with van der Waals surface area (Å²) in [5.41, 5.74) is 3.50. The van der Waals surface area contributed by atoms with Crippen LogP contribution in [0.25, 0.3) is 0 Å². The molecule has 0 radical (unpaired) electrons. The molecule has 0 aromatic heterocycles. The Balaban J connectivity index is 1.51. The van der Waals surface area contributed by atoms with Gasteiger partial charge in [-0.05, 0) is 60.2 Å². The number of carbonyl (C=O) groups is 3. The van der Waals surface area contributed by atoms with Crippen LogP contribution < -0.4 is 20.2 Å². The predicted octanol–water partition coefficient (Wildman–Crippen LogP) is 3.66. The van der Waals surface area contributed by atoms with Gasteiger partial charge in [0.1, 0.15) is 11.5 Å². The summed E-state index contributed by atoms with van der Waals surface area (Å²) in [7, 11) is 1.50. The van der Waals surface area contributed by atoms with Crippen molar-refractivity contribution in [2.24, 2.45) is 5.10 Å². The number of hydrogen-bond donors (Lipinski definition) is 2. The summed E-state index contributed by atoms with van der Waals surface area (Å²) in [6.45, 7) is 0. The molecule has 0 atom stereocenters. The minimum Gasteiger partial charge on any atom is -0.497 e. The first kappa shape index (κ1) is 22.5. The van der Waals surface area contributed by atoms with E-state index in [0.717, 1.165) is 0 Å². The summed E-state index contributed by atoms with van der Waals surface area (Å²) < 4.78 is 10.3. The Bertz CT molecular complexity index is 1160. The summed E-state index contributed by atoms with van der Waals surface area (Å²) in [6, 6.07) is 19.4. The van der Waals surface area contributed by atoms with Crippen LogP contribution in [-0.4, -0.2) is 31.1 Å². The van der Waals surface area contributed by atoms with Crippen LogP contribution in [0.5, 0.6) is 11.5 Å². The maximum Gasteiger partial charge on any atom is 0.343 e. The summed E-state index contributed by atoms with van der Waals surface area (Å²) in [6.07, 6.45) is 1.35. The molecule has 0 aliphatic rings. The van der Waals surface area contributed by atoms with E-state index in [9.17, 15) is 14.4 Å². The van der Waals surface area contributed by atoms with Gasteiger partial charge in [0, 0.05) is 16.8 Å². The fourth-order valence-corrected chi connectivity index (χ4v) is 2.70. The van der Waals surface area contributed by atoms with Crippen molar-refractivity contribution in [3.63, 3.8) is 0 Å². The van der Waals surface area contributed by atoms with Crippen LogP contribution in [0.3, 0.4) is 0 Å². The number of nitrogens with zero attached hydrogens (tertiary/aromatic N) is 1. The summed E-state index contributed by atoms with van der Waals surface area (Å²) >= 11 is 5.87. The van der Waals surface area contributed by atoms with Crippen molar-refractivity contribution in [2.75, 3.05) is 12.4 Å². The number of hydrogen-bond acceptors (Lipinski definition) is 6. The number of carbonyl (C=O) groups excluding carboxylic acids is 3. The average Bonchev–Trinajstić information content (AvgIpc) is 2.80. The molecule has 162 valence electrons. The minimum atomic E-state index is -0.934. The van der Waals surface area contributed by atoms with Crippen LogP contribution in [0.2, 0.25) is 5.02 Å². The molecule has 0 fully saturated rings. The monoisotopic (exact) mass is 451 g/mol. The van der Waals surface area contributed by atoms with Gasteiger partial charge in [0.2, 0.25) is 0 Å². The molecule has 0 bridgehead atoms. The molecule has 0 aliphatic heterocycles. The van der Waals surface area contributed by atoms with Gasteiger partial charge in [-0.2, -0.15) is 5.10 Å². The smallest absolute Gasteiger partial charge is 0.343 e. The van der Waals surface area contributed by atoms with Gasteiger partial charge in [0.25, 0.3) is 0 Å². The second kappa shape index (κ2) is 10.7. The van der Waals surface area contributed by atoms with Gasteiger partial charge in [-0.1, -0.05) is 23.7 Å². The molecule has 0 spiro atoms. The molecule has 2 amide bonds. The zero-order valence-corrected chi connectivity index (χ0v) is 17.6. The number of nitrogens with one attached hydrogen (secondary N) is 2. The van der Waals surface area contributed by atoms with E-state index in [1.165, 1.54) is 19.4 Å². The molecule has 0 heterocycles. The van der Waals surface area contributed by atoms with E-state index in [-0.39, 0.29) is 0 Å². The van der Waals surface area contributed by atoms with Crippen LogP contribution in [0.15, 0.2) is 77.9 Å². The second-order valence-electron chi connectivity index (χ2n) is 6.35. The van der Waals surface area contributed by atoms with E-state index in [4.69, 9.17) is 21.1 Å². The Hall–Kier alpha value is -4.17. The van der Waals surface area contributed by atoms with Crippen molar-refractivity contribution in [3.8, 4) is 11.5 Å². The number of ether oxygens (including phenoxy) is 2. The topological polar surface area (TPSA) is 106 Å². The standard InChI is InChI=1S/C23H18ClN3O5/c1-31-20-7-3-6-18(13-20)26-21(28)22(29)27-25-14-15-8-10-19(11-9-15)32-23(30)16-4-2-5-17(24)12-16/h2-14H,1H3,(H,26,28)(H,27,29). The molecule has 3 aromatic carbocycles. The van der Waals surface area contributed by atoms with Gasteiger partial charge >= 0.3 is 17.8 Å². The van der Waals surface area contributed by atoms with E-state index >= 15 is 0 Å². The third kappa shape index (κ3) is 6.41. The van der Waals surface area contributed by atoms with Crippen LogP contribution in [0.4, 0.5) is 5.69 Å². The lowest BCUT2D eigenvalue weighted by molar-refractivity contribution is -0.136. The Morgan fingerprint density at radius 2 is 1.66 bits per heavy atom. The number of halogens is 1. The number of benzene rings is 3. The lowest BCUT2D eigenvalue weighted by Gasteiger charge is -2.06. The molecule has 8 nitrogen and oxygen atoms in total. The zero-order chi connectivity index (χ0) is 22.9. The van der Waals surface area contributed by atoms with Crippen molar-refractivity contribution in [1.82, 2.24) is 5.43 Å². The molecule has 9 heteroatoms. The third-order valence-electron chi connectivity index (χ3n) is 4.06. The molecule has 0 unspecified atom stereocenters. The molecular formula is C23H18ClN3O5. The normalized spacial score (nSPS) is 10.4. The Morgan fingerprint density at radius 1 is 0.906 bits per heavy atom. The molecule has 0 saturated heterocycles. The van der Waals surface area contributed by atoms with Crippen molar-refractivity contribution < 1.29 is 23.9 Å². The highest BCUT2D eigenvalue weighted by atomic mass is 35.5. The summed E-state index contributed by atoms with van der Waals surface area (Å²) in [5, 5.41) is 6.63. The van der Waals surface area contributed by atoms with Crippen LogP contribution in [0, 0.1) is 0 Å². The van der Waals surface area contributed by atoms with Gasteiger partial charge < -0.3 is 14.8 Å². The fourth-order valence-electron chi connectivity index (χ4n) is 2.51. The van der Waals surface area contributed by atoms with Crippen LogP contribution in [0.1, 0.15) is 15.9 Å². The number of esters is 1. The fraction of sp³-hybridized carbons (Fsp3) is 0.0435. The Labute approximate surface area is 188 Å². The van der Waals surface area contributed by atoms with Crippen LogP contribution >= 0.6 is 11.6 Å². The summed E-state index contributed by atoms with van der Waals surface area (Å²) in [5.74, 6) is -1.48. The number of hydrazone groups is 1. The van der Waals surface area contributed by atoms with Gasteiger partial charge in [-0.3, -0.25) is 9.59 Å². The highest BCUT2D eigenvalue weighted by Gasteiger charge is 2.13. The molecule has 2 N–H and O–H groups in total. The number of rotatable bonds is 6. The van der Waals surface area contributed by atoms with E-state index in [1.807, 2.05) is 0 Å². The Kier molecular flexibility index (Phi) is 7.55. The average molecular weight is 452 g/mol. The van der Waals surface area contributed by atoms with E-state index in [1.54, 1.807) is 66.7 Å². The van der Waals surface area contributed by atoms with Crippen molar-refractivity contribution in [3.05, 3.63) is 88.9 Å². The molecule has 0 aliphatic carbocycles. The summed E-state index contributed by atoms with van der Waals surface area (Å²) in [4.78, 5) is 36.0. The van der Waals surface area contributed by atoms with Gasteiger partial charge in [-0.15, -0.1) is 0 Å². The van der Waals surface area contributed by atoms with Crippen LogP contribution in [-0.2, 0) is 9.59 Å². The van der Waals surface area contributed by atoms with Gasteiger partial charge in [0.15, 0.2) is 0 Å². The quantitative estimate of drug-likeness (QED) is 0.195. The molecule has 0 saturated carbocycles.